The molecule has 1 aromatic carbocycles. The molecule has 0 aromatic heterocycles. The Bertz CT molecular complexity index is 674. The van der Waals surface area contributed by atoms with E-state index in [9.17, 15) is 14.7 Å². The maximum Gasteiger partial charge on any atom is 0.303 e. The number of aliphatic hydroxyl groups excluding tert-OH is 1. The van der Waals surface area contributed by atoms with Crippen LogP contribution in [0.5, 0.6) is 0 Å². The standard InChI is InChI=1S/C22H29NO4S/c24-19(17-28-20-10-4-3-5-11-20)15-14-18-9-8-12-21(25)23(18)16-7-2-1-6-13-22(26)27/h2-5,7,10-11,14-15,18-19,24H,1,6,8-9,12-13,16-17H2,(H,26,27)/t18-,19?/m1/s1. The van der Waals surface area contributed by atoms with E-state index in [0.29, 0.717) is 31.6 Å². The quantitative estimate of drug-likeness (QED) is 0.333. The Morgan fingerprint density at radius 2 is 2.07 bits per heavy atom. The second kappa shape index (κ2) is 12.4. The van der Waals surface area contributed by atoms with Gasteiger partial charge in [-0.25, -0.2) is 0 Å². The van der Waals surface area contributed by atoms with Crippen molar-refractivity contribution in [2.24, 2.45) is 0 Å². The molecule has 0 saturated carbocycles. The number of nitrogens with zero attached hydrogens (tertiary/aromatic N) is 1. The summed E-state index contributed by atoms with van der Waals surface area (Å²) < 4.78 is 0. The highest BCUT2D eigenvalue weighted by molar-refractivity contribution is 7.99. The van der Waals surface area contributed by atoms with Crippen molar-refractivity contribution < 1.29 is 19.8 Å². The van der Waals surface area contributed by atoms with Gasteiger partial charge >= 0.3 is 5.97 Å². The van der Waals surface area contributed by atoms with E-state index in [0.717, 1.165) is 17.7 Å². The van der Waals surface area contributed by atoms with Crippen LogP contribution in [0.3, 0.4) is 0 Å². The summed E-state index contributed by atoms with van der Waals surface area (Å²) in [7, 11) is 0. The molecule has 28 heavy (non-hydrogen) atoms. The lowest BCUT2D eigenvalue weighted by atomic mass is 10.0. The molecule has 1 heterocycles. The fourth-order valence-electron chi connectivity index (χ4n) is 3.07. The summed E-state index contributed by atoms with van der Waals surface area (Å²) in [4.78, 5) is 25.8. The molecule has 1 aliphatic rings. The van der Waals surface area contributed by atoms with Gasteiger partial charge in [-0.3, -0.25) is 9.59 Å². The number of thioether (sulfide) groups is 1. The second-order valence-electron chi connectivity index (χ2n) is 6.84. The molecule has 1 aromatic rings. The van der Waals surface area contributed by atoms with Gasteiger partial charge in [-0.1, -0.05) is 42.5 Å². The molecular formula is C22H29NO4S. The first-order valence-corrected chi connectivity index (χ1v) is 10.8. The number of carbonyl (C=O) groups excluding carboxylic acids is 1. The van der Waals surface area contributed by atoms with Crippen molar-refractivity contribution in [3.8, 4) is 0 Å². The van der Waals surface area contributed by atoms with Gasteiger partial charge in [0.2, 0.25) is 5.91 Å². The number of aliphatic hydroxyl groups is 1. The van der Waals surface area contributed by atoms with Crippen LogP contribution < -0.4 is 0 Å². The lowest BCUT2D eigenvalue weighted by Gasteiger charge is -2.33. The predicted molar refractivity (Wildman–Crippen MR) is 112 cm³/mol. The number of hydrogen-bond donors (Lipinski definition) is 2. The van der Waals surface area contributed by atoms with Crippen LogP contribution in [0.1, 0.15) is 38.5 Å². The summed E-state index contributed by atoms with van der Waals surface area (Å²) in [5.41, 5.74) is 0. The number of rotatable bonds is 11. The van der Waals surface area contributed by atoms with Gasteiger partial charge in [-0.05, 0) is 37.8 Å². The molecule has 2 N–H and O–H groups in total. The van der Waals surface area contributed by atoms with Crippen LogP contribution in [0, 0.1) is 0 Å². The Morgan fingerprint density at radius 3 is 2.82 bits per heavy atom. The van der Waals surface area contributed by atoms with E-state index >= 15 is 0 Å². The number of aliphatic carboxylic acids is 1. The summed E-state index contributed by atoms with van der Waals surface area (Å²) in [5, 5.41) is 18.9. The largest absolute Gasteiger partial charge is 0.481 e. The van der Waals surface area contributed by atoms with E-state index in [1.807, 2.05) is 53.5 Å². The van der Waals surface area contributed by atoms with Crippen molar-refractivity contribution in [2.45, 2.75) is 55.6 Å². The van der Waals surface area contributed by atoms with Crippen LogP contribution in [0.2, 0.25) is 0 Å². The zero-order valence-corrected chi connectivity index (χ0v) is 16.9. The van der Waals surface area contributed by atoms with Crippen LogP contribution in [0.15, 0.2) is 59.5 Å². The Balaban J connectivity index is 1.81. The van der Waals surface area contributed by atoms with Gasteiger partial charge in [0.1, 0.15) is 0 Å². The fourth-order valence-corrected chi connectivity index (χ4v) is 3.90. The Morgan fingerprint density at radius 1 is 1.29 bits per heavy atom. The third-order valence-corrected chi connectivity index (χ3v) is 5.67. The molecule has 0 bridgehead atoms. The number of carboxylic acids is 1. The molecule has 0 spiro atoms. The summed E-state index contributed by atoms with van der Waals surface area (Å²) >= 11 is 1.61. The molecule has 1 amide bonds. The molecular weight excluding hydrogens is 374 g/mol. The van der Waals surface area contributed by atoms with Crippen molar-refractivity contribution >= 4 is 23.6 Å². The molecule has 6 heteroatoms. The number of likely N-dealkylation sites (tertiary alicyclic amines) is 1. The molecule has 5 nitrogen and oxygen atoms in total. The SMILES string of the molecule is O=C(O)CCCC=CCN1C(=O)CCC[C@@H]1C=CC(O)CSc1ccccc1. The average molecular weight is 404 g/mol. The Labute approximate surface area is 171 Å². The van der Waals surface area contributed by atoms with Crippen molar-refractivity contribution in [1.29, 1.82) is 0 Å². The first kappa shape index (κ1) is 22.2. The minimum Gasteiger partial charge on any atom is -0.481 e. The summed E-state index contributed by atoms with van der Waals surface area (Å²) in [6.45, 7) is 0.524. The number of carboxylic acid groups (broad SMARTS) is 1. The normalized spacial score (nSPS) is 18.8. The number of unbranched alkanes of at least 4 members (excludes halogenated alkanes) is 1. The number of piperidine rings is 1. The molecule has 1 fully saturated rings. The summed E-state index contributed by atoms with van der Waals surface area (Å²) in [5.74, 6) is -0.0805. The maximum absolute atomic E-state index is 12.3. The molecule has 2 atom stereocenters. The monoisotopic (exact) mass is 403 g/mol. The van der Waals surface area contributed by atoms with Crippen LogP contribution >= 0.6 is 11.8 Å². The van der Waals surface area contributed by atoms with Crippen LogP contribution in [-0.2, 0) is 9.59 Å². The van der Waals surface area contributed by atoms with Gasteiger partial charge in [-0.15, -0.1) is 11.8 Å². The van der Waals surface area contributed by atoms with Crippen LogP contribution in [-0.4, -0.2) is 51.4 Å². The molecule has 2 rings (SSSR count). The lowest BCUT2D eigenvalue weighted by Crippen LogP contribution is -2.42. The molecule has 1 aliphatic heterocycles. The van der Waals surface area contributed by atoms with E-state index in [1.54, 1.807) is 17.8 Å². The molecule has 1 saturated heterocycles. The Hall–Kier alpha value is -2.05. The number of amides is 1. The average Bonchev–Trinajstić information content (AvgIpc) is 2.69. The first-order chi connectivity index (χ1) is 13.6. The first-order valence-electron chi connectivity index (χ1n) is 9.77. The third-order valence-electron chi connectivity index (χ3n) is 4.56. The lowest BCUT2D eigenvalue weighted by molar-refractivity contribution is -0.137. The number of carbonyl (C=O) groups is 2. The van der Waals surface area contributed by atoms with Crippen LogP contribution in [0.25, 0.3) is 0 Å². The van der Waals surface area contributed by atoms with Crippen LogP contribution in [0.4, 0.5) is 0 Å². The highest BCUT2D eigenvalue weighted by Crippen LogP contribution is 2.21. The molecule has 152 valence electrons. The van der Waals surface area contributed by atoms with Gasteiger partial charge in [0.05, 0.1) is 12.1 Å². The molecule has 0 aliphatic carbocycles. The van der Waals surface area contributed by atoms with Gasteiger partial charge < -0.3 is 15.1 Å². The van der Waals surface area contributed by atoms with Crippen molar-refractivity contribution in [3.63, 3.8) is 0 Å². The van der Waals surface area contributed by atoms with E-state index in [4.69, 9.17) is 5.11 Å². The minimum atomic E-state index is -0.784. The van der Waals surface area contributed by atoms with E-state index in [2.05, 4.69) is 0 Å². The van der Waals surface area contributed by atoms with Gasteiger partial charge in [0.25, 0.3) is 0 Å². The second-order valence-corrected chi connectivity index (χ2v) is 7.93. The maximum atomic E-state index is 12.3. The van der Waals surface area contributed by atoms with Crippen molar-refractivity contribution in [3.05, 3.63) is 54.6 Å². The summed E-state index contributed by atoms with van der Waals surface area (Å²) in [6, 6.07) is 9.96. The predicted octanol–water partition coefficient (Wildman–Crippen LogP) is 3.89. The highest BCUT2D eigenvalue weighted by Gasteiger charge is 2.25. The van der Waals surface area contributed by atoms with Crippen molar-refractivity contribution in [1.82, 2.24) is 4.90 Å². The van der Waals surface area contributed by atoms with Gasteiger partial charge in [0.15, 0.2) is 0 Å². The zero-order chi connectivity index (χ0) is 20.2. The number of hydrogen-bond acceptors (Lipinski definition) is 4. The Kier molecular flexibility index (Phi) is 9.86. The van der Waals surface area contributed by atoms with Crippen molar-refractivity contribution in [2.75, 3.05) is 12.3 Å². The molecule has 0 radical (unpaired) electrons. The van der Waals surface area contributed by atoms with E-state index in [-0.39, 0.29) is 18.4 Å². The van der Waals surface area contributed by atoms with Gasteiger partial charge in [-0.2, -0.15) is 0 Å². The number of allylic oxidation sites excluding steroid dienone is 1. The van der Waals surface area contributed by atoms with Gasteiger partial charge in [0, 0.05) is 30.0 Å². The highest BCUT2D eigenvalue weighted by atomic mass is 32.2. The summed E-state index contributed by atoms with van der Waals surface area (Å²) in [6.07, 6.45) is 10.9. The number of benzene rings is 1. The topological polar surface area (TPSA) is 77.8 Å². The zero-order valence-electron chi connectivity index (χ0n) is 16.1. The smallest absolute Gasteiger partial charge is 0.303 e. The third kappa shape index (κ3) is 8.31. The molecule has 1 unspecified atom stereocenters. The van der Waals surface area contributed by atoms with E-state index in [1.165, 1.54) is 0 Å². The van der Waals surface area contributed by atoms with E-state index < -0.39 is 12.1 Å². The fraction of sp³-hybridized carbons (Fsp3) is 0.455. The minimum absolute atomic E-state index is 0.00120.